The molecule has 0 aromatic carbocycles. The highest BCUT2D eigenvalue weighted by Gasteiger charge is 2.09. The molecule has 18 heavy (non-hydrogen) atoms. The van der Waals surface area contributed by atoms with Crippen LogP contribution in [0.3, 0.4) is 0 Å². The van der Waals surface area contributed by atoms with Crippen molar-refractivity contribution in [2.24, 2.45) is 0 Å². The summed E-state index contributed by atoms with van der Waals surface area (Å²) in [5, 5.41) is 3.64. The Hall–Kier alpha value is -1.11. The lowest BCUT2D eigenvalue weighted by molar-refractivity contribution is 0.583. The van der Waals surface area contributed by atoms with Crippen LogP contribution in [0.1, 0.15) is 51.9 Å². The van der Waals surface area contributed by atoms with Crippen molar-refractivity contribution in [2.75, 3.05) is 6.54 Å². The number of pyridine rings is 1. The van der Waals surface area contributed by atoms with E-state index in [4.69, 9.17) is 0 Å². The van der Waals surface area contributed by atoms with Gasteiger partial charge in [-0.3, -0.25) is 4.98 Å². The Labute approximate surface area is 113 Å². The summed E-state index contributed by atoms with van der Waals surface area (Å²) in [7, 11) is 0.658. The lowest BCUT2D eigenvalue weighted by Crippen LogP contribution is -2.18. The number of nitrogens with zero attached hydrogens (tertiary/aromatic N) is 1. The fraction of sp³-hybridized carbons (Fsp3) is 0.533. The molecule has 0 saturated carbocycles. The normalized spacial score (nSPS) is 12.7. The minimum Gasteiger partial charge on any atom is -0.309 e. The van der Waals surface area contributed by atoms with Gasteiger partial charge in [0.2, 0.25) is 0 Å². The maximum absolute atomic E-state index is 4.45. The van der Waals surface area contributed by atoms with Crippen LogP contribution >= 0.6 is 0 Å². The summed E-state index contributed by atoms with van der Waals surface area (Å²) in [6.07, 6.45) is 1.86. The zero-order chi connectivity index (χ0) is 13.6. The highest BCUT2D eigenvalue weighted by molar-refractivity contribution is 6.49. The molecule has 1 heterocycles. The number of hydrogen-bond acceptors (Lipinski definition) is 2. The van der Waals surface area contributed by atoms with Gasteiger partial charge < -0.3 is 5.32 Å². The van der Waals surface area contributed by atoms with Crippen LogP contribution in [0.4, 0.5) is 0 Å². The molecule has 1 aromatic rings. The summed E-state index contributed by atoms with van der Waals surface area (Å²) < 4.78 is 0. The minimum absolute atomic E-state index is 0.292. The Balaban J connectivity index is 2.66. The molecule has 0 saturated heterocycles. The average Bonchev–Trinajstić information content (AvgIpc) is 2.28. The van der Waals surface area contributed by atoms with Crippen LogP contribution in [-0.4, -0.2) is 21.0 Å². The second-order valence-electron chi connectivity index (χ2n) is 5.38. The van der Waals surface area contributed by atoms with E-state index in [1.165, 1.54) is 0 Å². The van der Waals surface area contributed by atoms with E-state index in [1.807, 2.05) is 6.20 Å². The van der Waals surface area contributed by atoms with Gasteiger partial charge in [0.1, 0.15) is 0 Å². The smallest absolute Gasteiger partial charge is 0.154 e. The van der Waals surface area contributed by atoms with Gasteiger partial charge in [-0.05, 0) is 30.6 Å². The number of rotatable bonds is 3. The first-order valence-corrected chi connectivity index (χ1v) is 7.40. The van der Waals surface area contributed by atoms with Gasteiger partial charge in [-0.2, -0.15) is 0 Å². The van der Waals surface area contributed by atoms with E-state index in [9.17, 15) is 0 Å². The molecule has 3 heteroatoms. The molecule has 1 rings (SSSR count). The van der Waals surface area contributed by atoms with Crippen LogP contribution < -0.4 is 5.32 Å². The lowest BCUT2D eigenvalue weighted by Gasteiger charge is -2.11. The fourth-order valence-electron chi connectivity index (χ4n) is 1.44. The van der Waals surface area contributed by atoms with Crippen molar-refractivity contribution in [3.05, 3.63) is 29.6 Å². The topological polar surface area (TPSA) is 24.9 Å². The molecule has 1 N–H and O–H groups in total. The molecule has 0 bridgehead atoms. The van der Waals surface area contributed by atoms with E-state index < -0.39 is 0 Å². The van der Waals surface area contributed by atoms with E-state index in [2.05, 4.69) is 68.5 Å². The Morgan fingerprint density at radius 1 is 1.39 bits per heavy atom. The van der Waals surface area contributed by atoms with E-state index >= 15 is 0 Å². The molecule has 0 aliphatic carbocycles. The molecule has 0 fully saturated rings. The molecule has 2 nitrogen and oxygen atoms in total. The fourth-order valence-corrected chi connectivity index (χ4v) is 2.02. The van der Waals surface area contributed by atoms with Crippen molar-refractivity contribution in [3.63, 3.8) is 0 Å². The molecule has 1 aromatic heterocycles. The molecule has 0 amide bonds. The number of hydrogen-bond donors (Lipinski definition) is 1. The van der Waals surface area contributed by atoms with Gasteiger partial charge in [-0.25, -0.2) is 0 Å². The summed E-state index contributed by atoms with van der Waals surface area (Å²) >= 11 is 0. The lowest BCUT2D eigenvalue weighted by atomic mass is 10.2. The monoisotopic (exact) mass is 258 g/mol. The van der Waals surface area contributed by atoms with E-state index in [0.29, 0.717) is 20.6 Å². The van der Waals surface area contributed by atoms with Crippen molar-refractivity contribution < 1.29 is 0 Å². The molecule has 0 aliphatic heterocycles. The van der Waals surface area contributed by atoms with Gasteiger partial charge in [0.15, 0.2) is 9.52 Å². The first-order valence-electron chi connectivity index (χ1n) is 6.40. The molecule has 0 spiro atoms. The average molecular weight is 258 g/mol. The van der Waals surface area contributed by atoms with E-state index in [-0.39, 0.29) is 0 Å². The van der Waals surface area contributed by atoms with Crippen molar-refractivity contribution in [3.8, 4) is 11.5 Å². The predicted octanol–water partition coefficient (Wildman–Crippen LogP) is 2.98. The third-order valence-electron chi connectivity index (χ3n) is 2.38. The van der Waals surface area contributed by atoms with Gasteiger partial charge >= 0.3 is 0 Å². The Bertz CT molecular complexity index is 421. The maximum Gasteiger partial charge on any atom is 0.154 e. The third kappa shape index (κ3) is 5.48. The van der Waals surface area contributed by atoms with Gasteiger partial charge in [0.05, 0.1) is 5.69 Å². The van der Waals surface area contributed by atoms with Gasteiger partial charge in [0.25, 0.3) is 0 Å². The largest absolute Gasteiger partial charge is 0.309 e. The van der Waals surface area contributed by atoms with Gasteiger partial charge in [-0.15, -0.1) is 5.54 Å². The van der Waals surface area contributed by atoms with Crippen LogP contribution in [0.5, 0.6) is 0 Å². The summed E-state index contributed by atoms with van der Waals surface area (Å²) in [4.78, 5) is 4.45. The van der Waals surface area contributed by atoms with E-state index in [0.717, 1.165) is 17.8 Å². The standard InChI is InChI=1S/C15H22N2Si/c1-6-16-12(2)14-8-7-13(11-17-14)9-10-18-15(3,4)5/h7-8,11-12,16H,6H2,1-5H3. The second-order valence-corrected chi connectivity index (χ2v) is 7.38. The zero-order valence-electron chi connectivity index (χ0n) is 12.0. The summed E-state index contributed by atoms with van der Waals surface area (Å²) in [6, 6.07) is 4.40. The first kappa shape index (κ1) is 14.9. The van der Waals surface area contributed by atoms with Gasteiger partial charge in [-0.1, -0.05) is 33.6 Å². The minimum atomic E-state index is 0.292. The van der Waals surface area contributed by atoms with Crippen LogP contribution in [0.2, 0.25) is 5.04 Å². The molecular weight excluding hydrogens is 236 g/mol. The molecule has 0 aliphatic rings. The zero-order valence-corrected chi connectivity index (χ0v) is 13.0. The Kier molecular flexibility index (Phi) is 5.58. The quantitative estimate of drug-likeness (QED) is 0.666. The SMILES string of the molecule is CCNC(C)c1ccc(C#C[Si]C(C)(C)C)cn1. The molecule has 1 unspecified atom stereocenters. The molecule has 96 valence electrons. The molecular formula is C15H22N2Si. The Morgan fingerprint density at radius 2 is 2.11 bits per heavy atom. The highest BCUT2D eigenvalue weighted by atomic mass is 28.2. The van der Waals surface area contributed by atoms with Crippen LogP contribution in [0.15, 0.2) is 18.3 Å². The molecule has 1 atom stereocenters. The van der Waals surface area contributed by atoms with Crippen molar-refractivity contribution in [1.29, 1.82) is 0 Å². The Morgan fingerprint density at radius 3 is 2.61 bits per heavy atom. The summed E-state index contributed by atoms with van der Waals surface area (Å²) in [5.74, 6) is 3.18. The summed E-state index contributed by atoms with van der Waals surface area (Å²) in [5.41, 5.74) is 5.31. The molecule has 2 radical (unpaired) electrons. The summed E-state index contributed by atoms with van der Waals surface area (Å²) in [6.45, 7) is 11.8. The van der Waals surface area contributed by atoms with E-state index in [1.54, 1.807) is 0 Å². The van der Waals surface area contributed by atoms with Crippen molar-refractivity contribution >= 4 is 9.52 Å². The first-order chi connectivity index (χ1) is 8.42. The number of aromatic nitrogens is 1. The van der Waals surface area contributed by atoms with Crippen molar-refractivity contribution in [1.82, 2.24) is 10.3 Å². The highest BCUT2D eigenvalue weighted by Crippen LogP contribution is 2.18. The number of nitrogens with one attached hydrogen (secondary N) is 1. The van der Waals surface area contributed by atoms with Gasteiger partial charge in [0, 0.05) is 17.8 Å². The maximum atomic E-state index is 4.45. The van der Waals surface area contributed by atoms with Crippen molar-refractivity contribution in [2.45, 2.75) is 45.7 Å². The third-order valence-corrected chi connectivity index (χ3v) is 3.38. The van der Waals surface area contributed by atoms with Crippen LogP contribution in [-0.2, 0) is 0 Å². The van der Waals surface area contributed by atoms with Crippen LogP contribution in [0.25, 0.3) is 0 Å². The van der Waals surface area contributed by atoms with Crippen LogP contribution in [0, 0.1) is 11.5 Å². The predicted molar refractivity (Wildman–Crippen MR) is 78.7 cm³/mol. The second kappa shape index (κ2) is 6.72.